The number of hydrogen-bond donors (Lipinski definition) is 1. The van der Waals surface area contributed by atoms with E-state index in [1.165, 1.54) is 24.4 Å². The van der Waals surface area contributed by atoms with E-state index in [0.29, 0.717) is 48.6 Å². The van der Waals surface area contributed by atoms with Crippen molar-refractivity contribution in [1.29, 1.82) is 0 Å². The van der Waals surface area contributed by atoms with E-state index < -0.39 is 11.7 Å². The Labute approximate surface area is 180 Å². The normalized spacial score (nSPS) is 23.0. The van der Waals surface area contributed by atoms with Crippen LogP contribution >= 0.6 is 0 Å². The molecule has 3 heterocycles. The fourth-order valence-electron chi connectivity index (χ4n) is 4.25. The number of rotatable bonds is 5. The van der Waals surface area contributed by atoms with Crippen LogP contribution in [0.5, 0.6) is 0 Å². The number of benzene rings is 1. The highest BCUT2D eigenvalue weighted by atomic mass is 19.4. The van der Waals surface area contributed by atoms with Crippen LogP contribution in [0.4, 0.5) is 23.2 Å². The van der Waals surface area contributed by atoms with Crippen molar-refractivity contribution in [1.82, 2.24) is 15.3 Å². The Morgan fingerprint density at radius 2 is 2.09 bits per heavy atom. The minimum atomic E-state index is -4.44. The van der Waals surface area contributed by atoms with Gasteiger partial charge in [-0.2, -0.15) is 13.2 Å². The van der Waals surface area contributed by atoms with Crippen LogP contribution in [0.25, 0.3) is 11.1 Å². The molecule has 6 nitrogen and oxygen atoms in total. The number of hydrogen-bond acceptors (Lipinski definition) is 5. The maximum atomic E-state index is 13.3. The molecular formula is C22H20F4N4O2. The molecule has 0 unspecified atom stereocenters. The smallest absolute Gasteiger partial charge is 0.417 e. The van der Waals surface area contributed by atoms with Crippen LogP contribution in [0.15, 0.2) is 41.1 Å². The van der Waals surface area contributed by atoms with Crippen LogP contribution in [-0.2, 0) is 11.0 Å². The molecule has 2 aromatic heterocycles. The fraction of sp³-hybridized carbons (Fsp3) is 0.409. The maximum Gasteiger partial charge on any atom is 0.417 e. The first-order valence-corrected chi connectivity index (χ1v) is 10.4. The number of nitrogens with one attached hydrogen (secondary N) is 1. The van der Waals surface area contributed by atoms with Gasteiger partial charge in [0.1, 0.15) is 11.3 Å². The zero-order chi connectivity index (χ0) is 22.5. The summed E-state index contributed by atoms with van der Waals surface area (Å²) in [5, 5.41) is 2.98. The third kappa shape index (κ3) is 4.26. The molecule has 1 saturated carbocycles. The van der Waals surface area contributed by atoms with Gasteiger partial charge in [-0.1, -0.05) is 0 Å². The summed E-state index contributed by atoms with van der Waals surface area (Å²) in [4.78, 5) is 22.3. The minimum Gasteiger partial charge on any atom is -0.440 e. The molecular weight excluding hydrogens is 428 g/mol. The van der Waals surface area contributed by atoms with E-state index in [0.717, 1.165) is 18.7 Å². The lowest BCUT2D eigenvalue weighted by Gasteiger charge is -2.20. The molecule has 10 heteroatoms. The number of oxazole rings is 1. The second kappa shape index (κ2) is 7.75. The van der Waals surface area contributed by atoms with Gasteiger partial charge in [0.25, 0.3) is 0 Å². The number of carbonyl (C=O) groups is 1. The number of fused-ring (bicyclic) bond motifs is 1. The van der Waals surface area contributed by atoms with Gasteiger partial charge in [-0.15, -0.1) is 0 Å². The summed E-state index contributed by atoms with van der Waals surface area (Å²) >= 11 is 0. The van der Waals surface area contributed by atoms with Gasteiger partial charge in [-0.3, -0.25) is 9.78 Å². The number of nitrogens with zero attached hydrogens (tertiary/aromatic N) is 3. The lowest BCUT2D eigenvalue weighted by atomic mass is 10.2. The van der Waals surface area contributed by atoms with Gasteiger partial charge in [0.05, 0.1) is 17.4 Å². The van der Waals surface area contributed by atoms with E-state index in [9.17, 15) is 22.4 Å². The molecule has 5 rings (SSSR count). The third-order valence-corrected chi connectivity index (χ3v) is 6.02. The topological polar surface area (TPSA) is 71.3 Å². The second-order valence-electron chi connectivity index (χ2n) is 8.40. The molecule has 3 atom stereocenters. The largest absolute Gasteiger partial charge is 0.440 e. The van der Waals surface area contributed by atoms with Crippen LogP contribution in [0.3, 0.4) is 0 Å². The maximum absolute atomic E-state index is 13.3. The Hall–Kier alpha value is -3.17. The van der Waals surface area contributed by atoms with Crippen LogP contribution in [-0.4, -0.2) is 35.0 Å². The molecule has 0 bridgehead atoms. The summed E-state index contributed by atoms with van der Waals surface area (Å²) in [6.45, 7) is 0.971. The van der Waals surface area contributed by atoms with Gasteiger partial charge in [-0.05, 0) is 37.0 Å². The summed E-state index contributed by atoms with van der Waals surface area (Å²) in [7, 11) is 0. The first-order chi connectivity index (χ1) is 15.3. The predicted molar refractivity (Wildman–Crippen MR) is 107 cm³/mol. The molecule has 2 fully saturated rings. The highest BCUT2D eigenvalue weighted by Crippen LogP contribution is 2.49. The minimum absolute atomic E-state index is 0.0347. The van der Waals surface area contributed by atoms with Crippen molar-refractivity contribution in [2.75, 3.05) is 18.0 Å². The van der Waals surface area contributed by atoms with Crippen molar-refractivity contribution in [3.63, 3.8) is 0 Å². The van der Waals surface area contributed by atoms with E-state index in [1.807, 2.05) is 0 Å². The monoisotopic (exact) mass is 448 g/mol. The van der Waals surface area contributed by atoms with Crippen molar-refractivity contribution in [2.45, 2.75) is 37.4 Å². The van der Waals surface area contributed by atoms with Gasteiger partial charge in [-0.25, -0.2) is 9.37 Å². The Morgan fingerprint density at radius 1 is 1.25 bits per heavy atom. The number of alkyl halides is 3. The molecule has 1 saturated heterocycles. The molecule has 1 aliphatic heterocycles. The van der Waals surface area contributed by atoms with E-state index in [4.69, 9.17) is 4.42 Å². The standard InChI is InChI=1S/C22H20F4N4O2/c23-14-1-2-19-18(8-14)29-21(32-19)17-5-12(17)6-20(31)28-15-3-4-30(11-15)16-7-13(9-27-10-16)22(24,25)26/h1-2,7-10,12,15,17H,3-6,11H2,(H,28,31)/t12-,15+,17-/m0/s1. The van der Waals surface area contributed by atoms with E-state index >= 15 is 0 Å². The summed E-state index contributed by atoms with van der Waals surface area (Å²) < 4.78 is 57.8. The van der Waals surface area contributed by atoms with Crippen molar-refractivity contribution < 1.29 is 26.8 Å². The zero-order valence-corrected chi connectivity index (χ0v) is 16.9. The Bertz CT molecular complexity index is 1160. The average Bonchev–Trinajstić information content (AvgIpc) is 3.15. The lowest BCUT2D eigenvalue weighted by Crippen LogP contribution is -2.37. The SMILES string of the molecule is O=C(C[C@@H]1C[C@@H]1c1nc2cc(F)ccc2o1)N[C@@H]1CCN(c2cncc(C(F)(F)F)c2)C1. The van der Waals surface area contributed by atoms with E-state index in [2.05, 4.69) is 15.3 Å². The van der Waals surface area contributed by atoms with Crippen molar-refractivity contribution in [2.24, 2.45) is 5.92 Å². The molecule has 1 aliphatic carbocycles. The van der Waals surface area contributed by atoms with E-state index in [1.54, 1.807) is 4.90 Å². The zero-order valence-electron chi connectivity index (χ0n) is 16.9. The molecule has 0 spiro atoms. The number of carbonyl (C=O) groups excluding carboxylic acids is 1. The molecule has 1 amide bonds. The van der Waals surface area contributed by atoms with Crippen molar-refractivity contribution in [3.05, 3.63) is 53.9 Å². The molecule has 168 valence electrons. The van der Waals surface area contributed by atoms with E-state index in [-0.39, 0.29) is 29.6 Å². The third-order valence-electron chi connectivity index (χ3n) is 6.02. The Kier molecular flexibility index (Phi) is 5.02. The molecule has 2 aliphatic rings. The predicted octanol–water partition coefficient (Wildman–Crippen LogP) is 4.27. The first kappa shape index (κ1) is 20.7. The number of aromatic nitrogens is 2. The van der Waals surface area contributed by atoms with Crippen LogP contribution in [0.2, 0.25) is 0 Å². The second-order valence-corrected chi connectivity index (χ2v) is 8.40. The van der Waals surface area contributed by atoms with Crippen molar-refractivity contribution in [3.8, 4) is 0 Å². The van der Waals surface area contributed by atoms with Gasteiger partial charge in [0.2, 0.25) is 5.91 Å². The number of pyridine rings is 1. The quantitative estimate of drug-likeness (QED) is 0.591. The first-order valence-electron chi connectivity index (χ1n) is 10.4. The lowest BCUT2D eigenvalue weighted by molar-refractivity contribution is -0.137. The summed E-state index contributed by atoms with van der Waals surface area (Å²) in [5.41, 5.74) is 0.590. The Morgan fingerprint density at radius 3 is 2.91 bits per heavy atom. The van der Waals surface area contributed by atoms with Crippen LogP contribution in [0, 0.1) is 11.7 Å². The van der Waals surface area contributed by atoms with Gasteiger partial charge in [0, 0.05) is 43.7 Å². The van der Waals surface area contributed by atoms with Crippen LogP contribution < -0.4 is 10.2 Å². The van der Waals surface area contributed by atoms with Crippen molar-refractivity contribution >= 4 is 22.7 Å². The number of halogens is 4. The molecule has 32 heavy (non-hydrogen) atoms. The van der Waals surface area contributed by atoms with Crippen LogP contribution in [0.1, 0.15) is 36.6 Å². The fourth-order valence-corrected chi connectivity index (χ4v) is 4.25. The molecule has 1 N–H and O–H groups in total. The highest BCUT2D eigenvalue weighted by molar-refractivity contribution is 5.77. The number of anilines is 1. The Balaban J connectivity index is 1.14. The number of amides is 1. The van der Waals surface area contributed by atoms with Gasteiger partial charge in [0.15, 0.2) is 11.5 Å². The molecule has 1 aromatic carbocycles. The average molecular weight is 448 g/mol. The highest BCUT2D eigenvalue weighted by Gasteiger charge is 2.43. The molecule has 0 radical (unpaired) electrons. The van der Waals surface area contributed by atoms with Gasteiger partial charge >= 0.3 is 6.18 Å². The molecule has 3 aromatic rings. The summed E-state index contributed by atoms with van der Waals surface area (Å²) in [6, 6.07) is 5.12. The summed E-state index contributed by atoms with van der Waals surface area (Å²) in [6.07, 6.45) is -0.500. The summed E-state index contributed by atoms with van der Waals surface area (Å²) in [5.74, 6) is 0.183. The van der Waals surface area contributed by atoms with Gasteiger partial charge < -0.3 is 14.6 Å².